The molecule has 3 rings (SSSR count). The van der Waals surface area contributed by atoms with E-state index in [1.807, 2.05) is 30.3 Å². The van der Waals surface area contributed by atoms with Gasteiger partial charge >= 0.3 is 0 Å². The lowest BCUT2D eigenvalue weighted by Gasteiger charge is -2.32. The van der Waals surface area contributed by atoms with E-state index in [-0.39, 0.29) is 23.5 Å². The first-order valence-electron chi connectivity index (χ1n) is 7.49. The molecule has 6 nitrogen and oxygen atoms in total. The van der Waals surface area contributed by atoms with Crippen molar-refractivity contribution in [2.45, 2.75) is 11.0 Å². The molecule has 2 heterocycles. The maximum absolute atomic E-state index is 12.8. The summed E-state index contributed by atoms with van der Waals surface area (Å²) in [5.74, 6) is -0.286. The van der Waals surface area contributed by atoms with Gasteiger partial charge in [-0.15, -0.1) is 11.3 Å². The van der Waals surface area contributed by atoms with E-state index in [1.165, 1.54) is 22.8 Å². The maximum atomic E-state index is 12.8. The van der Waals surface area contributed by atoms with Crippen LogP contribution >= 0.6 is 11.3 Å². The number of morpholine rings is 1. The van der Waals surface area contributed by atoms with Gasteiger partial charge in [0.1, 0.15) is 0 Å². The molecule has 0 radical (unpaired) electrons. The Hall–Kier alpha value is -1.74. The van der Waals surface area contributed by atoms with Gasteiger partial charge in [0, 0.05) is 25.5 Å². The third-order valence-corrected chi connectivity index (χ3v) is 6.79. The van der Waals surface area contributed by atoms with Crippen LogP contribution in [0.1, 0.15) is 21.3 Å². The first kappa shape index (κ1) is 17.1. The van der Waals surface area contributed by atoms with Crippen LogP contribution in [-0.4, -0.2) is 45.4 Å². The van der Waals surface area contributed by atoms with Gasteiger partial charge in [0.15, 0.2) is 0 Å². The predicted octanol–water partition coefficient (Wildman–Crippen LogP) is 1.87. The average molecular weight is 366 g/mol. The van der Waals surface area contributed by atoms with Crippen molar-refractivity contribution in [3.8, 4) is 0 Å². The van der Waals surface area contributed by atoms with E-state index >= 15 is 0 Å². The van der Waals surface area contributed by atoms with E-state index < -0.39 is 10.0 Å². The Bertz CT molecular complexity index is 818. The Morgan fingerprint density at radius 3 is 2.79 bits per heavy atom. The summed E-state index contributed by atoms with van der Waals surface area (Å²) in [6.45, 7) is 0.902. The van der Waals surface area contributed by atoms with Gasteiger partial charge < -0.3 is 10.1 Å². The molecule has 1 aliphatic heterocycles. The highest BCUT2D eigenvalue weighted by molar-refractivity contribution is 7.89. The van der Waals surface area contributed by atoms with Gasteiger partial charge in [0.05, 0.1) is 22.5 Å². The van der Waals surface area contributed by atoms with Gasteiger partial charge in [0.25, 0.3) is 5.91 Å². The van der Waals surface area contributed by atoms with Crippen molar-refractivity contribution in [3.05, 3.63) is 52.2 Å². The number of hydrogen-bond acceptors (Lipinski definition) is 5. The average Bonchev–Trinajstić information content (AvgIpc) is 3.13. The Labute approximate surface area is 145 Å². The van der Waals surface area contributed by atoms with Crippen LogP contribution < -0.4 is 5.32 Å². The molecule has 1 aliphatic rings. The van der Waals surface area contributed by atoms with Crippen LogP contribution in [0.3, 0.4) is 0 Å². The highest BCUT2D eigenvalue weighted by Crippen LogP contribution is 2.28. The number of amides is 1. The first-order chi connectivity index (χ1) is 11.5. The molecule has 1 N–H and O–H groups in total. The van der Waals surface area contributed by atoms with Crippen LogP contribution in [0.25, 0.3) is 0 Å². The molecule has 1 aromatic heterocycles. The van der Waals surface area contributed by atoms with E-state index in [9.17, 15) is 13.2 Å². The Morgan fingerprint density at radius 1 is 1.33 bits per heavy atom. The minimum Gasteiger partial charge on any atom is -0.371 e. The Kier molecular flexibility index (Phi) is 5.00. The second-order valence-electron chi connectivity index (χ2n) is 5.36. The molecule has 0 bridgehead atoms. The number of carbonyl (C=O) groups is 1. The van der Waals surface area contributed by atoms with E-state index in [1.54, 1.807) is 0 Å². The monoisotopic (exact) mass is 366 g/mol. The molecule has 0 saturated carbocycles. The van der Waals surface area contributed by atoms with Crippen LogP contribution in [0.5, 0.6) is 0 Å². The molecule has 1 aromatic carbocycles. The molecule has 128 valence electrons. The normalized spacial score (nSPS) is 19.1. The molecule has 1 unspecified atom stereocenters. The van der Waals surface area contributed by atoms with Gasteiger partial charge in [-0.2, -0.15) is 4.31 Å². The summed E-state index contributed by atoms with van der Waals surface area (Å²) < 4.78 is 32.8. The maximum Gasteiger partial charge on any atom is 0.261 e. The summed E-state index contributed by atoms with van der Waals surface area (Å²) in [6, 6.07) is 11.0. The minimum absolute atomic E-state index is 0.153. The van der Waals surface area contributed by atoms with E-state index in [0.717, 1.165) is 16.9 Å². The summed E-state index contributed by atoms with van der Waals surface area (Å²) in [5.41, 5.74) is 0.953. The number of sulfonamides is 1. The summed E-state index contributed by atoms with van der Waals surface area (Å²) in [7, 11) is -2.12. The molecule has 8 heteroatoms. The number of nitrogens with one attached hydrogen (secondary N) is 1. The Balaban J connectivity index is 1.81. The molecule has 1 saturated heterocycles. The number of nitrogens with zero attached hydrogens (tertiary/aromatic N) is 1. The number of benzene rings is 1. The predicted molar refractivity (Wildman–Crippen MR) is 91.6 cm³/mol. The third-order valence-electron chi connectivity index (χ3n) is 3.86. The lowest BCUT2D eigenvalue weighted by Crippen LogP contribution is -2.42. The largest absolute Gasteiger partial charge is 0.371 e. The van der Waals surface area contributed by atoms with Gasteiger partial charge in [0.2, 0.25) is 10.0 Å². The molecule has 0 aliphatic carbocycles. The van der Waals surface area contributed by atoms with Gasteiger partial charge in [-0.3, -0.25) is 4.79 Å². The molecule has 0 spiro atoms. The molecule has 2 aromatic rings. The van der Waals surface area contributed by atoms with Crippen molar-refractivity contribution in [3.63, 3.8) is 0 Å². The second-order valence-corrected chi connectivity index (χ2v) is 8.21. The van der Waals surface area contributed by atoms with Gasteiger partial charge in [-0.25, -0.2) is 8.42 Å². The smallest absolute Gasteiger partial charge is 0.261 e. The molecule has 1 amide bonds. The fourth-order valence-corrected chi connectivity index (χ4v) is 5.19. The summed E-state index contributed by atoms with van der Waals surface area (Å²) in [6.07, 6.45) is -0.285. The molecule has 1 fully saturated rings. The van der Waals surface area contributed by atoms with Crippen molar-refractivity contribution >= 4 is 27.3 Å². The van der Waals surface area contributed by atoms with Crippen molar-refractivity contribution in [2.75, 3.05) is 26.7 Å². The van der Waals surface area contributed by atoms with Gasteiger partial charge in [-0.05, 0) is 11.6 Å². The van der Waals surface area contributed by atoms with Crippen LogP contribution in [0.15, 0.2) is 46.7 Å². The fraction of sp³-hybridized carbons (Fsp3) is 0.312. The topological polar surface area (TPSA) is 75.7 Å². The first-order valence-corrected chi connectivity index (χ1v) is 9.81. The van der Waals surface area contributed by atoms with Crippen LogP contribution in [0, 0.1) is 0 Å². The fourth-order valence-electron chi connectivity index (χ4n) is 2.56. The van der Waals surface area contributed by atoms with E-state index in [2.05, 4.69) is 5.32 Å². The number of carbonyl (C=O) groups excluding carboxylic acids is 1. The van der Waals surface area contributed by atoms with Crippen LogP contribution in [0.4, 0.5) is 0 Å². The van der Waals surface area contributed by atoms with Crippen molar-refractivity contribution < 1.29 is 17.9 Å². The molecular formula is C16H18N2O4S2. The zero-order valence-electron chi connectivity index (χ0n) is 13.1. The number of thiophene rings is 1. The Morgan fingerprint density at radius 2 is 2.08 bits per heavy atom. The second kappa shape index (κ2) is 7.02. The number of rotatable bonds is 4. The van der Waals surface area contributed by atoms with Crippen LogP contribution in [-0.2, 0) is 14.8 Å². The van der Waals surface area contributed by atoms with Crippen LogP contribution in [0.2, 0.25) is 0 Å². The number of ether oxygens (including phenoxy) is 1. The summed E-state index contributed by atoms with van der Waals surface area (Å²) in [5, 5.41) is 4.00. The summed E-state index contributed by atoms with van der Waals surface area (Å²) in [4.78, 5) is 12.2. The molecule has 1 atom stereocenters. The minimum atomic E-state index is -3.64. The standard InChI is InChI=1S/C16H18N2O4S2/c1-17-16(19)15-9-13(11-23-15)24(20,21)18-7-8-22-14(10-18)12-5-3-2-4-6-12/h2-6,9,11,14H,7-8,10H2,1H3,(H,17,19). The highest BCUT2D eigenvalue weighted by Gasteiger charge is 2.32. The third kappa shape index (κ3) is 3.36. The molecular weight excluding hydrogens is 348 g/mol. The van der Waals surface area contributed by atoms with E-state index in [4.69, 9.17) is 4.74 Å². The van der Waals surface area contributed by atoms with Crippen molar-refractivity contribution in [1.29, 1.82) is 0 Å². The zero-order chi connectivity index (χ0) is 17.2. The zero-order valence-corrected chi connectivity index (χ0v) is 14.8. The lowest BCUT2D eigenvalue weighted by molar-refractivity contribution is -0.00254. The van der Waals surface area contributed by atoms with Crippen molar-refractivity contribution in [1.82, 2.24) is 9.62 Å². The number of hydrogen-bond donors (Lipinski definition) is 1. The van der Waals surface area contributed by atoms with Crippen molar-refractivity contribution in [2.24, 2.45) is 0 Å². The SMILES string of the molecule is CNC(=O)c1cc(S(=O)(=O)N2CCOC(c3ccccc3)C2)cs1. The van der Waals surface area contributed by atoms with E-state index in [0.29, 0.717) is 18.0 Å². The highest BCUT2D eigenvalue weighted by atomic mass is 32.2. The molecule has 24 heavy (non-hydrogen) atoms. The summed E-state index contributed by atoms with van der Waals surface area (Å²) >= 11 is 1.12. The van der Waals surface area contributed by atoms with Gasteiger partial charge in [-0.1, -0.05) is 30.3 Å². The lowest BCUT2D eigenvalue weighted by atomic mass is 10.1. The quantitative estimate of drug-likeness (QED) is 0.896.